The molecule has 0 aliphatic carbocycles. The van der Waals surface area contributed by atoms with E-state index in [-0.39, 0.29) is 0 Å². The maximum absolute atomic E-state index is 8.78. The SMILES string of the molecule is CCCCCCC(C)c1ccnc(C#N)c1. The molecule has 0 aromatic carbocycles. The number of nitriles is 1. The molecule has 86 valence electrons. The van der Waals surface area contributed by atoms with Gasteiger partial charge in [-0.3, -0.25) is 0 Å². The summed E-state index contributed by atoms with van der Waals surface area (Å²) in [4.78, 5) is 3.99. The molecular formula is C14H20N2. The lowest BCUT2D eigenvalue weighted by molar-refractivity contribution is 0.579. The van der Waals surface area contributed by atoms with Crippen molar-refractivity contribution in [3.63, 3.8) is 0 Å². The molecule has 0 aliphatic heterocycles. The zero-order chi connectivity index (χ0) is 11.8. The van der Waals surface area contributed by atoms with Crippen molar-refractivity contribution in [2.75, 3.05) is 0 Å². The first-order chi connectivity index (χ1) is 7.77. The van der Waals surface area contributed by atoms with E-state index in [1.807, 2.05) is 12.1 Å². The van der Waals surface area contributed by atoms with Gasteiger partial charge in [0.2, 0.25) is 0 Å². The number of unbranched alkanes of at least 4 members (excludes halogenated alkanes) is 3. The number of pyridine rings is 1. The lowest BCUT2D eigenvalue weighted by atomic mass is 9.95. The third-order valence-electron chi connectivity index (χ3n) is 2.96. The van der Waals surface area contributed by atoms with Crippen LogP contribution in [0.2, 0.25) is 0 Å². The van der Waals surface area contributed by atoms with E-state index in [9.17, 15) is 0 Å². The summed E-state index contributed by atoms with van der Waals surface area (Å²) in [6.07, 6.45) is 8.14. The van der Waals surface area contributed by atoms with Crippen molar-refractivity contribution in [1.82, 2.24) is 4.98 Å². The van der Waals surface area contributed by atoms with Crippen LogP contribution in [-0.4, -0.2) is 4.98 Å². The molecule has 1 aromatic rings. The lowest BCUT2D eigenvalue weighted by Crippen LogP contribution is -1.95. The van der Waals surface area contributed by atoms with Crippen LogP contribution in [0.1, 0.15) is 63.1 Å². The minimum Gasteiger partial charge on any atom is -0.246 e. The Morgan fingerprint density at radius 3 is 2.88 bits per heavy atom. The Bertz CT molecular complexity index is 352. The molecule has 0 saturated heterocycles. The first kappa shape index (κ1) is 12.7. The van der Waals surface area contributed by atoms with Crippen molar-refractivity contribution < 1.29 is 0 Å². The number of hydrogen-bond acceptors (Lipinski definition) is 2. The van der Waals surface area contributed by atoms with Gasteiger partial charge in [-0.15, -0.1) is 0 Å². The maximum Gasteiger partial charge on any atom is 0.140 e. The molecule has 16 heavy (non-hydrogen) atoms. The van der Waals surface area contributed by atoms with Crippen LogP contribution in [0.3, 0.4) is 0 Å². The Morgan fingerprint density at radius 2 is 2.19 bits per heavy atom. The molecule has 0 saturated carbocycles. The Balaban J connectivity index is 2.46. The molecule has 0 radical (unpaired) electrons. The Kier molecular flexibility index (Phi) is 5.56. The van der Waals surface area contributed by atoms with Gasteiger partial charge in [-0.05, 0) is 30.0 Å². The van der Waals surface area contributed by atoms with Gasteiger partial charge in [-0.25, -0.2) is 4.98 Å². The van der Waals surface area contributed by atoms with Crippen molar-refractivity contribution in [1.29, 1.82) is 5.26 Å². The molecule has 1 heterocycles. The molecular weight excluding hydrogens is 196 g/mol. The van der Waals surface area contributed by atoms with Crippen molar-refractivity contribution in [3.8, 4) is 6.07 Å². The number of hydrogen-bond donors (Lipinski definition) is 0. The van der Waals surface area contributed by atoms with Crippen molar-refractivity contribution in [2.24, 2.45) is 0 Å². The molecule has 0 amide bonds. The summed E-state index contributed by atoms with van der Waals surface area (Å²) in [6, 6.07) is 6.01. The molecule has 1 atom stereocenters. The van der Waals surface area contributed by atoms with Gasteiger partial charge < -0.3 is 0 Å². The van der Waals surface area contributed by atoms with E-state index in [2.05, 4.69) is 24.9 Å². The van der Waals surface area contributed by atoms with Crippen LogP contribution in [0.15, 0.2) is 18.3 Å². The van der Waals surface area contributed by atoms with Crippen molar-refractivity contribution in [3.05, 3.63) is 29.6 Å². The fourth-order valence-electron chi connectivity index (χ4n) is 1.86. The number of nitrogens with zero attached hydrogens (tertiary/aromatic N) is 2. The van der Waals surface area contributed by atoms with Gasteiger partial charge in [-0.1, -0.05) is 39.5 Å². The molecule has 1 aromatic heterocycles. The van der Waals surface area contributed by atoms with E-state index in [0.717, 1.165) is 0 Å². The van der Waals surface area contributed by atoms with Gasteiger partial charge in [0.25, 0.3) is 0 Å². The predicted octanol–water partition coefficient (Wildman–Crippen LogP) is 4.03. The highest BCUT2D eigenvalue weighted by atomic mass is 14.7. The molecule has 0 aliphatic rings. The third-order valence-corrected chi connectivity index (χ3v) is 2.96. The number of rotatable bonds is 6. The van der Waals surface area contributed by atoms with Gasteiger partial charge >= 0.3 is 0 Å². The second-order valence-corrected chi connectivity index (χ2v) is 4.34. The highest BCUT2D eigenvalue weighted by molar-refractivity contribution is 5.27. The Morgan fingerprint density at radius 1 is 1.38 bits per heavy atom. The van der Waals surface area contributed by atoms with Gasteiger partial charge in [0.15, 0.2) is 0 Å². The van der Waals surface area contributed by atoms with Crippen LogP contribution < -0.4 is 0 Å². The van der Waals surface area contributed by atoms with Crippen LogP contribution in [0.25, 0.3) is 0 Å². The van der Waals surface area contributed by atoms with E-state index < -0.39 is 0 Å². The van der Waals surface area contributed by atoms with Gasteiger partial charge in [-0.2, -0.15) is 5.26 Å². The van der Waals surface area contributed by atoms with E-state index in [4.69, 9.17) is 5.26 Å². The summed E-state index contributed by atoms with van der Waals surface area (Å²) in [5.74, 6) is 0.534. The molecule has 1 rings (SSSR count). The average Bonchev–Trinajstić information content (AvgIpc) is 2.34. The summed E-state index contributed by atoms with van der Waals surface area (Å²) in [5.41, 5.74) is 1.76. The second kappa shape index (κ2) is 7.00. The summed E-state index contributed by atoms with van der Waals surface area (Å²) >= 11 is 0. The van der Waals surface area contributed by atoms with Gasteiger partial charge in [0, 0.05) is 6.20 Å². The topological polar surface area (TPSA) is 36.7 Å². The Hall–Kier alpha value is -1.36. The van der Waals surface area contributed by atoms with Crippen LogP contribution in [-0.2, 0) is 0 Å². The minimum absolute atomic E-state index is 0.526. The Labute approximate surface area is 98.3 Å². The largest absolute Gasteiger partial charge is 0.246 e. The minimum atomic E-state index is 0.526. The maximum atomic E-state index is 8.78. The zero-order valence-corrected chi connectivity index (χ0v) is 10.2. The smallest absolute Gasteiger partial charge is 0.140 e. The molecule has 1 unspecified atom stereocenters. The van der Waals surface area contributed by atoms with Crippen LogP contribution in [0.5, 0.6) is 0 Å². The van der Waals surface area contributed by atoms with Crippen LogP contribution in [0, 0.1) is 11.3 Å². The fourth-order valence-corrected chi connectivity index (χ4v) is 1.86. The van der Waals surface area contributed by atoms with Gasteiger partial charge in [0.1, 0.15) is 11.8 Å². The normalized spacial score (nSPS) is 12.1. The summed E-state index contributed by atoms with van der Waals surface area (Å²) in [7, 11) is 0. The fraction of sp³-hybridized carbons (Fsp3) is 0.571. The van der Waals surface area contributed by atoms with Crippen LogP contribution >= 0.6 is 0 Å². The second-order valence-electron chi connectivity index (χ2n) is 4.34. The number of aromatic nitrogens is 1. The molecule has 2 heteroatoms. The van der Waals surface area contributed by atoms with Crippen molar-refractivity contribution >= 4 is 0 Å². The average molecular weight is 216 g/mol. The zero-order valence-electron chi connectivity index (χ0n) is 10.2. The standard InChI is InChI=1S/C14H20N2/c1-3-4-5-6-7-12(2)13-8-9-16-14(10-13)11-15/h8-10,12H,3-7H2,1-2H3. The molecule has 2 nitrogen and oxygen atoms in total. The van der Waals surface area contributed by atoms with Crippen LogP contribution in [0.4, 0.5) is 0 Å². The highest BCUT2D eigenvalue weighted by Crippen LogP contribution is 2.21. The summed E-state index contributed by atoms with van der Waals surface area (Å²) in [6.45, 7) is 4.45. The highest BCUT2D eigenvalue weighted by Gasteiger charge is 2.06. The molecule has 0 bridgehead atoms. The quantitative estimate of drug-likeness (QED) is 0.673. The monoisotopic (exact) mass is 216 g/mol. The predicted molar refractivity (Wildman–Crippen MR) is 66.1 cm³/mol. The van der Waals surface area contributed by atoms with Gasteiger partial charge in [0.05, 0.1) is 0 Å². The van der Waals surface area contributed by atoms with E-state index in [1.165, 1.54) is 37.7 Å². The van der Waals surface area contributed by atoms with E-state index in [1.54, 1.807) is 6.20 Å². The summed E-state index contributed by atoms with van der Waals surface area (Å²) in [5, 5.41) is 8.78. The molecule has 0 N–H and O–H groups in total. The van der Waals surface area contributed by atoms with Crippen molar-refractivity contribution in [2.45, 2.75) is 51.9 Å². The summed E-state index contributed by atoms with van der Waals surface area (Å²) < 4.78 is 0. The molecule has 0 spiro atoms. The first-order valence-electron chi connectivity index (χ1n) is 6.14. The first-order valence-corrected chi connectivity index (χ1v) is 6.14. The van der Waals surface area contributed by atoms with E-state index >= 15 is 0 Å². The molecule has 0 fully saturated rings. The lowest BCUT2D eigenvalue weighted by Gasteiger charge is -2.11. The third kappa shape index (κ3) is 4.02. The van der Waals surface area contributed by atoms with E-state index in [0.29, 0.717) is 11.6 Å².